The molecule has 3 atom stereocenters. The molecule has 0 bridgehead atoms. The lowest BCUT2D eigenvalue weighted by Gasteiger charge is -2.44. The molecule has 1 aliphatic heterocycles. The van der Waals surface area contributed by atoms with E-state index in [0.717, 1.165) is 0 Å². The Labute approximate surface area is 150 Å². The van der Waals surface area contributed by atoms with E-state index >= 15 is 0 Å². The van der Waals surface area contributed by atoms with Crippen molar-refractivity contribution >= 4 is 12.6 Å². The summed E-state index contributed by atoms with van der Waals surface area (Å²) in [5.41, 5.74) is -1.08. The summed E-state index contributed by atoms with van der Waals surface area (Å²) in [6.07, 6.45) is 0. The number of hydrogen-bond donors (Lipinski definition) is 2. The molecule has 0 saturated heterocycles. The third kappa shape index (κ3) is 2.82. The molecular weight excluding hydrogens is 338 g/mol. The fourth-order valence-corrected chi connectivity index (χ4v) is 3.52. The lowest BCUT2D eigenvalue weighted by molar-refractivity contribution is -0.554. The van der Waals surface area contributed by atoms with E-state index < -0.39 is 22.6 Å². The van der Waals surface area contributed by atoms with Crippen LogP contribution in [0.1, 0.15) is 17.0 Å². The highest BCUT2D eigenvalue weighted by Crippen LogP contribution is 2.42. The SMILES string of the molecule is N#CC1=C([S-])NC(O)(c2ccccc2)[C@H]([N+](=O)[O-])[C@H]1c1ccccc1. The van der Waals surface area contributed by atoms with Gasteiger partial charge in [-0.15, -0.1) is 0 Å². The first-order valence-corrected chi connectivity index (χ1v) is 7.95. The van der Waals surface area contributed by atoms with Gasteiger partial charge in [-0.3, -0.25) is 10.1 Å². The minimum atomic E-state index is -2.03. The van der Waals surface area contributed by atoms with Gasteiger partial charge in [-0.1, -0.05) is 65.7 Å². The van der Waals surface area contributed by atoms with Crippen LogP contribution in [0.3, 0.4) is 0 Å². The number of rotatable bonds is 3. The molecule has 3 rings (SSSR count). The predicted molar refractivity (Wildman–Crippen MR) is 93.4 cm³/mol. The van der Waals surface area contributed by atoms with Crippen LogP contribution >= 0.6 is 0 Å². The van der Waals surface area contributed by atoms with Crippen LogP contribution in [-0.4, -0.2) is 16.1 Å². The van der Waals surface area contributed by atoms with Crippen LogP contribution in [0, 0.1) is 21.4 Å². The molecule has 25 heavy (non-hydrogen) atoms. The second kappa shape index (κ2) is 6.51. The lowest BCUT2D eigenvalue weighted by Crippen LogP contribution is -2.59. The van der Waals surface area contributed by atoms with E-state index in [1.165, 1.54) is 0 Å². The topological polar surface area (TPSA) is 99.2 Å². The Balaban J connectivity index is 2.26. The number of aliphatic hydroxyl groups is 1. The summed E-state index contributed by atoms with van der Waals surface area (Å²) in [7, 11) is 0. The summed E-state index contributed by atoms with van der Waals surface area (Å²) >= 11 is 5.24. The summed E-state index contributed by atoms with van der Waals surface area (Å²) in [6, 6.07) is 17.4. The van der Waals surface area contributed by atoms with E-state index in [1.54, 1.807) is 60.7 Å². The molecule has 6 nitrogen and oxygen atoms in total. The molecule has 0 fully saturated rings. The van der Waals surface area contributed by atoms with Crippen LogP contribution < -0.4 is 5.32 Å². The summed E-state index contributed by atoms with van der Waals surface area (Å²) in [5, 5.41) is 35.3. The van der Waals surface area contributed by atoms with Gasteiger partial charge in [0.1, 0.15) is 0 Å². The van der Waals surface area contributed by atoms with Crippen LogP contribution in [0.4, 0.5) is 0 Å². The van der Waals surface area contributed by atoms with E-state index in [1.807, 2.05) is 6.07 Å². The number of nitriles is 1. The van der Waals surface area contributed by atoms with Gasteiger partial charge in [0.15, 0.2) is 0 Å². The van der Waals surface area contributed by atoms with E-state index in [0.29, 0.717) is 11.1 Å². The second-order valence-corrected chi connectivity index (χ2v) is 6.14. The van der Waals surface area contributed by atoms with E-state index in [-0.39, 0.29) is 10.6 Å². The molecule has 2 aromatic rings. The summed E-state index contributed by atoms with van der Waals surface area (Å²) in [4.78, 5) is 11.4. The second-order valence-electron chi connectivity index (χ2n) is 5.73. The van der Waals surface area contributed by atoms with Gasteiger partial charge in [0, 0.05) is 16.1 Å². The Kier molecular flexibility index (Phi) is 4.40. The van der Waals surface area contributed by atoms with Crippen molar-refractivity contribution in [2.24, 2.45) is 0 Å². The van der Waals surface area contributed by atoms with E-state index in [2.05, 4.69) is 5.32 Å². The van der Waals surface area contributed by atoms with Crippen molar-refractivity contribution < 1.29 is 10.0 Å². The maximum absolute atomic E-state index is 11.9. The maximum atomic E-state index is 11.9. The third-order valence-electron chi connectivity index (χ3n) is 4.32. The highest BCUT2D eigenvalue weighted by atomic mass is 32.1. The molecule has 0 amide bonds. The zero-order valence-corrected chi connectivity index (χ0v) is 13.8. The van der Waals surface area contributed by atoms with Crippen molar-refractivity contribution in [1.29, 1.82) is 5.26 Å². The van der Waals surface area contributed by atoms with Crippen LogP contribution in [0.2, 0.25) is 0 Å². The van der Waals surface area contributed by atoms with Crippen molar-refractivity contribution in [2.45, 2.75) is 17.7 Å². The summed E-state index contributed by atoms with van der Waals surface area (Å²) in [6.45, 7) is 0. The zero-order chi connectivity index (χ0) is 18.0. The third-order valence-corrected chi connectivity index (χ3v) is 4.65. The monoisotopic (exact) mass is 352 g/mol. The highest BCUT2D eigenvalue weighted by molar-refractivity contribution is 7.63. The minimum absolute atomic E-state index is 0.0146. The standard InChI is InChI=1S/C18H15N3O3S/c19-11-14-15(12-7-3-1-4-8-12)16(21(23)24)18(22,20-17(14)25)13-9-5-2-6-10-13/h1-10,15-16,20,22,25H/p-1/t15-,16+,18?/m0/s1. The molecule has 1 aliphatic rings. The Morgan fingerprint density at radius 1 is 1.16 bits per heavy atom. The lowest BCUT2D eigenvalue weighted by atomic mass is 9.76. The minimum Gasteiger partial charge on any atom is -0.762 e. The van der Waals surface area contributed by atoms with Gasteiger partial charge in [-0.25, -0.2) is 0 Å². The maximum Gasteiger partial charge on any atom is 0.275 e. The zero-order valence-electron chi connectivity index (χ0n) is 13.0. The molecule has 0 spiro atoms. The molecule has 2 N–H and O–H groups in total. The molecule has 1 unspecified atom stereocenters. The van der Waals surface area contributed by atoms with Crippen LogP contribution in [0.15, 0.2) is 71.3 Å². The molecule has 7 heteroatoms. The summed E-state index contributed by atoms with van der Waals surface area (Å²) in [5.74, 6) is -0.958. The largest absolute Gasteiger partial charge is 0.762 e. The van der Waals surface area contributed by atoms with Crippen molar-refractivity contribution in [3.8, 4) is 6.07 Å². The smallest absolute Gasteiger partial charge is 0.275 e. The average Bonchev–Trinajstić information content (AvgIpc) is 2.62. The van der Waals surface area contributed by atoms with Crippen LogP contribution in [-0.2, 0) is 18.4 Å². The number of hydrogen-bond acceptors (Lipinski definition) is 6. The Bertz CT molecular complexity index is 864. The molecule has 0 aromatic heterocycles. The van der Waals surface area contributed by atoms with Gasteiger partial charge in [0.25, 0.3) is 6.04 Å². The first-order chi connectivity index (χ1) is 12.0. The normalized spacial score (nSPS) is 25.8. The fraction of sp³-hybridized carbons (Fsp3) is 0.167. The highest BCUT2D eigenvalue weighted by Gasteiger charge is 2.55. The van der Waals surface area contributed by atoms with E-state index in [9.17, 15) is 20.5 Å². The molecule has 0 saturated carbocycles. The van der Waals surface area contributed by atoms with Crippen molar-refractivity contribution in [3.63, 3.8) is 0 Å². The van der Waals surface area contributed by atoms with Gasteiger partial charge in [-0.2, -0.15) is 5.26 Å². The van der Waals surface area contributed by atoms with Crippen molar-refractivity contribution in [2.75, 3.05) is 0 Å². The van der Waals surface area contributed by atoms with Crippen LogP contribution in [0.5, 0.6) is 0 Å². The number of nitrogens with zero attached hydrogens (tertiary/aromatic N) is 2. The quantitative estimate of drug-likeness (QED) is 0.499. The van der Waals surface area contributed by atoms with Gasteiger partial charge in [-0.05, 0) is 5.56 Å². The Morgan fingerprint density at radius 3 is 2.24 bits per heavy atom. The first-order valence-electron chi connectivity index (χ1n) is 7.55. The molecule has 1 heterocycles. The van der Waals surface area contributed by atoms with E-state index in [4.69, 9.17) is 12.6 Å². The van der Waals surface area contributed by atoms with Crippen molar-refractivity contribution in [1.82, 2.24) is 5.32 Å². The average molecular weight is 352 g/mol. The predicted octanol–water partition coefficient (Wildman–Crippen LogP) is 2.15. The molecule has 126 valence electrons. The molecule has 0 radical (unpaired) electrons. The Hall–Kier alpha value is -2.95. The number of nitrogens with one attached hydrogen (secondary N) is 1. The van der Waals surface area contributed by atoms with Gasteiger partial charge < -0.3 is 23.1 Å². The molecular formula is C18H14N3O3S-. The van der Waals surface area contributed by atoms with Gasteiger partial charge >= 0.3 is 0 Å². The molecule has 2 aromatic carbocycles. The number of benzene rings is 2. The Morgan fingerprint density at radius 2 is 1.72 bits per heavy atom. The fourth-order valence-electron chi connectivity index (χ4n) is 3.19. The number of nitro groups is 1. The summed E-state index contributed by atoms with van der Waals surface area (Å²) < 4.78 is 0. The van der Waals surface area contributed by atoms with Gasteiger partial charge in [0.05, 0.1) is 12.0 Å². The first kappa shape index (κ1) is 16.9. The molecule has 0 aliphatic carbocycles. The van der Waals surface area contributed by atoms with Crippen LogP contribution in [0.25, 0.3) is 0 Å². The van der Waals surface area contributed by atoms with Crippen molar-refractivity contribution in [3.05, 3.63) is 92.5 Å². The van der Waals surface area contributed by atoms with Gasteiger partial charge in [0.2, 0.25) is 5.72 Å².